The first-order valence-corrected chi connectivity index (χ1v) is 8.10. The van der Waals surface area contributed by atoms with Crippen LogP contribution < -0.4 is 10.1 Å². The Labute approximate surface area is 147 Å². The van der Waals surface area contributed by atoms with Crippen molar-refractivity contribution in [2.24, 2.45) is 0 Å². The molecule has 2 aromatic carbocycles. The number of nitrogens with one attached hydrogen (secondary N) is 1. The number of rotatable bonds is 4. The number of amides is 1. The van der Waals surface area contributed by atoms with E-state index in [4.69, 9.17) is 17.0 Å². The summed E-state index contributed by atoms with van der Waals surface area (Å²) in [4.78, 5) is 23.4. The summed E-state index contributed by atoms with van der Waals surface area (Å²) >= 11 is 6.15. The van der Waals surface area contributed by atoms with E-state index in [0.717, 1.165) is 5.56 Å². The predicted molar refractivity (Wildman–Crippen MR) is 96.2 cm³/mol. The van der Waals surface area contributed by atoms with Crippen LogP contribution in [0.25, 0.3) is 6.08 Å². The molecule has 0 spiro atoms. The molecule has 1 amide bonds. The predicted octanol–water partition coefficient (Wildman–Crippen LogP) is 3.67. The molecule has 1 heterocycles. The molecule has 0 atom stereocenters. The van der Waals surface area contributed by atoms with Gasteiger partial charge in [-0.1, -0.05) is 48.2 Å². The van der Waals surface area contributed by atoms with E-state index < -0.39 is 5.97 Å². The highest BCUT2D eigenvalue weighted by Crippen LogP contribution is 2.29. The van der Waals surface area contributed by atoms with Crippen molar-refractivity contribution in [3.05, 3.63) is 64.6 Å². The number of benzene rings is 2. The van der Waals surface area contributed by atoms with Gasteiger partial charge in [-0.25, -0.2) is 4.79 Å². The summed E-state index contributed by atoms with van der Waals surface area (Å²) in [6.07, 6.45) is 1.70. The summed E-state index contributed by atoms with van der Waals surface area (Å²) in [6, 6.07) is 13.4. The molecule has 24 heavy (non-hydrogen) atoms. The van der Waals surface area contributed by atoms with Crippen LogP contribution in [-0.2, 0) is 4.79 Å². The lowest BCUT2D eigenvalue weighted by atomic mass is 10.2. The molecule has 2 N–H and O–H groups in total. The van der Waals surface area contributed by atoms with Gasteiger partial charge in [0.2, 0.25) is 0 Å². The number of para-hydroxylation sites is 1. The van der Waals surface area contributed by atoms with Crippen LogP contribution in [-0.4, -0.2) is 21.3 Å². The second kappa shape index (κ2) is 6.86. The number of carbonyl (C=O) groups excluding carboxylic acids is 1. The van der Waals surface area contributed by atoms with Gasteiger partial charge in [0.15, 0.2) is 0 Å². The molecule has 0 saturated carbocycles. The van der Waals surface area contributed by atoms with Crippen molar-refractivity contribution < 1.29 is 19.4 Å². The highest BCUT2D eigenvalue weighted by Gasteiger charge is 2.22. The van der Waals surface area contributed by atoms with Gasteiger partial charge in [0.25, 0.3) is 5.91 Å². The molecule has 0 unspecified atom stereocenters. The maximum absolute atomic E-state index is 11.7. The number of thiocarbonyl (C=S) groups is 1. The Morgan fingerprint density at radius 3 is 2.71 bits per heavy atom. The zero-order valence-electron chi connectivity index (χ0n) is 12.2. The number of carbonyl (C=O) groups is 2. The minimum Gasteiger partial charge on any atom is -0.478 e. The van der Waals surface area contributed by atoms with Crippen molar-refractivity contribution in [1.82, 2.24) is 5.32 Å². The molecule has 1 fully saturated rings. The second-order valence-corrected chi connectivity index (χ2v) is 6.55. The van der Waals surface area contributed by atoms with Crippen molar-refractivity contribution in [1.29, 1.82) is 0 Å². The first kappa shape index (κ1) is 16.2. The quantitative estimate of drug-likeness (QED) is 0.642. The Hall–Kier alpha value is -2.64. The molecule has 0 aliphatic carbocycles. The van der Waals surface area contributed by atoms with Crippen molar-refractivity contribution in [2.45, 2.75) is 0 Å². The maximum atomic E-state index is 11.7. The number of carboxylic acids is 1. The molecule has 0 bridgehead atoms. The van der Waals surface area contributed by atoms with Gasteiger partial charge in [-0.05, 0) is 35.9 Å². The van der Waals surface area contributed by atoms with Gasteiger partial charge in [0, 0.05) is 0 Å². The van der Waals surface area contributed by atoms with E-state index in [0.29, 0.717) is 15.0 Å². The summed E-state index contributed by atoms with van der Waals surface area (Å²) in [5, 5.41) is 11.7. The van der Waals surface area contributed by atoms with E-state index in [1.807, 2.05) is 6.07 Å². The van der Waals surface area contributed by atoms with Crippen LogP contribution in [0.3, 0.4) is 0 Å². The number of carboxylic acid groups (broad SMARTS) is 1. The normalized spacial score (nSPS) is 15.4. The van der Waals surface area contributed by atoms with E-state index >= 15 is 0 Å². The summed E-state index contributed by atoms with van der Waals surface area (Å²) in [5.41, 5.74) is 0.833. The van der Waals surface area contributed by atoms with Crippen LogP contribution in [0, 0.1) is 0 Å². The van der Waals surface area contributed by atoms with Crippen molar-refractivity contribution >= 4 is 46.3 Å². The second-order valence-electron chi connectivity index (χ2n) is 4.83. The first-order chi connectivity index (χ1) is 11.5. The molecule has 2 aromatic rings. The zero-order valence-corrected chi connectivity index (χ0v) is 13.8. The SMILES string of the molecule is O=C1NC(=S)SC1=Cc1cccc(Oc2ccccc2C(=O)O)c1. The first-order valence-electron chi connectivity index (χ1n) is 6.88. The largest absolute Gasteiger partial charge is 0.478 e. The molecular formula is C17H11NO4S2. The van der Waals surface area contributed by atoms with Crippen LogP contribution in [0.1, 0.15) is 15.9 Å². The lowest BCUT2D eigenvalue weighted by molar-refractivity contribution is -0.115. The Balaban J connectivity index is 1.87. The molecule has 5 nitrogen and oxygen atoms in total. The van der Waals surface area contributed by atoms with Crippen LogP contribution in [0.2, 0.25) is 0 Å². The van der Waals surface area contributed by atoms with Gasteiger partial charge >= 0.3 is 5.97 Å². The number of aromatic carboxylic acids is 1. The van der Waals surface area contributed by atoms with Crippen LogP contribution in [0.4, 0.5) is 0 Å². The van der Waals surface area contributed by atoms with Gasteiger partial charge < -0.3 is 15.2 Å². The average molecular weight is 357 g/mol. The third-order valence-corrected chi connectivity index (χ3v) is 4.31. The molecular weight excluding hydrogens is 346 g/mol. The fourth-order valence-corrected chi connectivity index (χ4v) is 3.14. The fraction of sp³-hybridized carbons (Fsp3) is 0. The van der Waals surface area contributed by atoms with Gasteiger partial charge in [-0.15, -0.1) is 0 Å². The van der Waals surface area contributed by atoms with Crippen molar-refractivity contribution in [2.75, 3.05) is 0 Å². The molecule has 1 aliphatic heterocycles. The minimum atomic E-state index is -1.06. The topological polar surface area (TPSA) is 75.6 Å². The highest BCUT2D eigenvalue weighted by molar-refractivity contribution is 8.26. The molecule has 0 aromatic heterocycles. The maximum Gasteiger partial charge on any atom is 0.339 e. The molecule has 3 rings (SSSR count). The van der Waals surface area contributed by atoms with Crippen molar-refractivity contribution in [3.8, 4) is 11.5 Å². The van der Waals surface area contributed by atoms with E-state index in [9.17, 15) is 14.7 Å². The van der Waals surface area contributed by atoms with E-state index in [1.165, 1.54) is 17.8 Å². The molecule has 1 aliphatic rings. The third kappa shape index (κ3) is 3.64. The fourth-order valence-electron chi connectivity index (χ4n) is 2.10. The van der Waals surface area contributed by atoms with Crippen molar-refractivity contribution in [3.63, 3.8) is 0 Å². The number of thioether (sulfide) groups is 1. The van der Waals surface area contributed by atoms with E-state index in [-0.39, 0.29) is 17.2 Å². The van der Waals surface area contributed by atoms with Crippen LogP contribution in [0.15, 0.2) is 53.4 Å². The van der Waals surface area contributed by atoms with Crippen LogP contribution in [0.5, 0.6) is 11.5 Å². The summed E-state index contributed by atoms with van der Waals surface area (Å²) < 4.78 is 6.11. The number of hydrogen-bond acceptors (Lipinski definition) is 5. The minimum absolute atomic E-state index is 0.0809. The molecule has 0 radical (unpaired) electrons. The number of hydrogen-bond donors (Lipinski definition) is 2. The zero-order chi connectivity index (χ0) is 17.1. The van der Waals surface area contributed by atoms with Gasteiger partial charge in [-0.2, -0.15) is 0 Å². The molecule has 120 valence electrons. The lowest BCUT2D eigenvalue weighted by Crippen LogP contribution is -2.17. The van der Waals surface area contributed by atoms with E-state index in [1.54, 1.807) is 42.5 Å². The van der Waals surface area contributed by atoms with Crippen LogP contribution >= 0.6 is 24.0 Å². The van der Waals surface area contributed by atoms with Gasteiger partial charge in [0.1, 0.15) is 21.4 Å². The monoisotopic (exact) mass is 357 g/mol. The standard InChI is InChI=1S/C17H11NO4S2/c19-15-14(24-17(23)18-15)9-10-4-3-5-11(8-10)22-13-7-2-1-6-12(13)16(20)21/h1-9H,(H,20,21)(H,18,19,23). The Bertz CT molecular complexity index is 876. The summed E-state index contributed by atoms with van der Waals surface area (Å²) in [5.74, 6) is -0.558. The lowest BCUT2D eigenvalue weighted by Gasteiger charge is -2.09. The Kier molecular flexibility index (Phi) is 4.64. The Morgan fingerprint density at radius 2 is 2.00 bits per heavy atom. The third-order valence-electron chi connectivity index (χ3n) is 3.14. The Morgan fingerprint density at radius 1 is 1.21 bits per heavy atom. The van der Waals surface area contributed by atoms with Gasteiger partial charge in [-0.3, -0.25) is 4.79 Å². The average Bonchev–Trinajstić information content (AvgIpc) is 2.85. The molecule has 7 heteroatoms. The van der Waals surface area contributed by atoms with E-state index in [2.05, 4.69) is 5.32 Å². The summed E-state index contributed by atoms with van der Waals surface area (Å²) in [7, 11) is 0. The highest BCUT2D eigenvalue weighted by atomic mass is 32.2. The summed E-state index contributed by atoms with van der Waals surface area (Å²) in [6.45, 7) is 0. The van der Waals surface area contributed by atoms with Gasteiger partial charge in [0.05, 0.1) is 4.91 Å². The molecule has 1 saturated heterocycles. The number of ether oxygens (including phenoxy) is 1. The smallest absolute Gasteiger partial charge is 0.339 e.